The zero-order valence-electron chi connectivity index (χ0n) is 24.0. The number of nitrogens with zero attached hydrogens (tertiary/aromatic N) is 2. The van der Waals surface area contributed by atoms with Gasteiger partial charge in [-0.2, -0.15) is 0 Å². The van der Waals surface area contributed by atoms with Crippen molar-refractivity contribution in [3.8, 4) is 11.5 Å². The highest BCUT2D eigenvalue weighted by atomic mass is 19.1. The van der Waals surface area contributed by atoms with Gasteiger partial charge in [0.2, 0.25) is 0 Å². The summed E-state index contributed by atoms with van der Waals surface area (Å²) in [7, 11) is 0. The molecule has 9 nitrogen and oxygen atoms in total. The highest BCUT2D eigenvalue weighted by molar-refractivity contribution is 6.07. The van der Waals surface area contributed by atoms with Crippen molar-refractivity contribution in [2.75, 3.05) is 46.1 Å². The second-order valence-electron chi connectivity index (χ2n) is 11.1. The van der Waals surface area contributed by atoms with E-state index in [-0.39, 0.29) is 86.1 Å². The number of ether oxygens (including phenoxy) is 3. The lowest BCUT2D eigenvalue weighted by molar-refractivity contribution is -0.115. The Morgan fingerprint density at radius 2 is 1.77 bits per heavy atom. The summed E-state index contributed by atoms with van der Waals surface area (Å²) in [4.78, 5) is 30.2. The molecule has 2 N–H and O–H groups in total. The van der Waals surface area contributed by atoms with Crippen molar-refractivity contribution in [2.24, 2.45) is 0 Å². The molecular weight excluding hydrogens is 517 g/mol. The maximum atomic E-state index is 16.0. The van der Waals surface area contributed by atoms with Crippen molar-refractivity contribution >= 4 is 17.5 Å². The Morgan fingerprint density at radius 3 is 2.40 bits per heavy atom. The first-order chi connectivity index (χ1) is 18.9. The standard InChI is InChI=1S/C30H38FN3O6/c1-7-38-23-16-21-24(25(31)26(23)39-8-2)27(32)34-17-22(36)18-13-19(15-20(14-18)29(3,4)5)28(37)33(9-11-35)10-12-40-30(21,34)6/h13-16,32,35H,7-12,17H2,1-6H3. The molecule has 0 radical (unpaired) electrons. The normalized spacial score (nSPS) is 19.6. The fraction of sp³-hybridized carbons (Fsp3) is 0.500. The number of carbonyl (C=O) groups excluding carboxylic acids is 2. The zero-order chi connectivity index (χ0) is 29.4. The predicted molar refractivity (Wildman–Crippen MR) is 148 cm³/mol. The third-order valence-electron chi connectivity index (χ3n) is 7.37. The van der Waals surface area contributed by atoms with Gasteiger partial charge >= 0.3 is 0 Å². The van der Waals surface area contributed by atoms with E-state index < -0.39 is 11.5 Å². The van der Waals surface area contributed by atoms with Crippen molar-refractivity contribution in [1.82, 2.24) is 9.80 Å². The van der Waals surface area contributed by atoms with Crippen LogP contribution in [0, 0.1) is 11.2 Å². The summed E-state index contributed by atoms with van der Waals surface area (Å²) in [6.45, 7) is 11.3. The molecule has 0 saturated heterocycles. The maximum Gasteiger partial charge on any atom is 0.254 e. The van der Waals surface area contributed by atoms with Gasteiger partial charge in [0.05, 0.1) is 38.5 Å². The molecule has 4 rings (SSSR count). The van der Waals surface area contributed by atoms with Crippen LogP contribution in [0.4, 0.5) is 4.39 Å². The number of hydrogen-bond acceptors (Lipinski definition) is 7. The van der Waals surface area contributed by atoms with Crippen LogP contribution in [0.5, 0.6) is 11.5 Å². The lowest BCUT2D eigenvalue weighted by Gasteiger charge is -2.37. The van der Waals surface area contributed by atoms with Crippen LogP contribution in [-0.2, 0) is 15.9 Å². The van der Waals surface area contributed by atoms with Gasteiger partial charge in [0.25, 0.3) is 5.91 Å². The Labute approximate surface area is 234 Å². The molecule has 0 spiro atoms. The average Bonchev–Trinajstić information content (AvgIpc) is 3.10. The highest BCUT2D eigenvalue weighted by Crippen LogP contribution is 2.47. The van der Waals surface area contributed by atoms with Gasteiger partial charge in [-0.1, -0.05) is 20.8 Å². The molecule has 10 heteroatoms. The first kappa shape index (κ1) is 29.5. The summed E-state index contributed by atoms with van der Waals surface area (Å²) in [5.41, 5.74) is -0.0297. The van der Waals surface area contributed by atoms with E-state index in [4.69, 9.17) is 19.6 Å². The molecule has 40 heavy (non-hydrogen) atoms. The van der Waals surface area contributed by atoms with E-state index in [0.717, 1.165) is 5.56 Å². The third kappa shape index (κ3) is 5.17. The fourth-order valence-corrected chi connectivity index (χ4v) is 5.18. The van der Waals surface area contributed by atoms with Crippen molar-refractivity contribution in [3.63, 3.8) is 0 Å². The third-order valence-corrected chi connectivity index (χ3v) is 7.37. The molecule has 0 aliphatic carbocycles. The Bertz CT molecular complexity index is 1340. The number of hydrogen-bond donors (Lipinski definition) is 2. The maximum absolute atomic E-state index is 16.0. The monoisotopic (exact) mass is 555 g/mol. The van der Waals surface area contributed by atoms with Crippen LogP contribution in [0.3, 0.4) is 0 Å². The van der Waals surface area contributed by atoms with Crippen molar-refractivity contribution in [1.29, 1.82) is 5.41 Å². The number of carbonyl (C=O) groups is 2. The predicted octanol–water partition coefficient (Wildman–Crippen LogP) is 4.08. The average molecular weight is 556 g/mol. The summed E-state index contributed by atoms with van der Waals surface area (Å²) in [6.07, 6.45) is 0. The summed E-state index contributed by atoms with van der Waals surface area (Å²) >= 11 is 0. The van der Waals surface area contributed by atoms with Gasteiger partial charge in [-0.05, 0) is 56.0 Å². The number of Topliss-reactive ketones (excluding diaryl/α,β-unsaturated/α-hetero) is 1. The lowest BCUT2D eigenvalue weighted by Crippen LogP contribution is -2.48. The fourth-order valence-electron chi connectivity index (χ4n) is 5.18. The van der Waals surface area contributed by atoms with Crippen molar-refractivity contribution in [3.05, 3.63) is 57.9 Å². The van der Waals surface area contributed by atoms with Crippen LogP contribution in [0.2, 0.25) is 0 Å². The molecule has 0 aromatic heterocycles. The number of β-amino-alcohol motifs (C(OH)–C–C–N with tert-alkyl or cyclic N) is 1. The number of aliphatic hydroxyl groups excluding tert-OH is 1. The van der Waals surface area contributed by atoms with E-state index in [2.05, 4.69) is 0 Å². The number of rotatable bonds is 6. The Morgan fingerprint density at radius 1 is 1.10 bits per heavy atom. The van der Waals surface area contributed by atoms with Crippen LogP contribution in [-0.4, -0.2) is 78.5 Å². The molecule has 2 aromatic carbocycles. The van der Waals surface area contributed by atoms with Crippen molar-refractivity contribution in [2.45, 2.75) is 52.7 Å². The number of ketones is 1. The molecule has 2 aliphatic heterocycles. The molecule has 0 saturated carbocycles. The van der Waals surface area contributed by atoms with E-state index in [1.54, 1.807) is 45.0 Å². The first-order valence-corrected chi connectivity index (χ1v) is 13.6. The molecule has 1 amide bonds. The van der Waals surface area contributed by atoms with E-state index >= 15 is 4.39 Å². The Hall–Kier alpha value is -3.50. The van der Waals surface area contributed by atoms with E-state index in [0.29, 0.717) is 16.7 Å². The SMILES string of the molecule is CCOc1cc2c(c(F)c1OCC)C(=N)N1CC(=O)c3cc(cc(C(C)(C)C)c3)C(=O)N(CCO)CCOC21C. The Kier molecular flexibility index (Phi) is 8.23. The number of amides is 1. The smallest absolute Gasteiger partial charge is 0.254 e. The van der Waals surface area contributed by atoms with Gasteiger partial charge in [0, 0.05) is 29.8 Å². The summed E-state index contributed by atoms with van der Waals surface area (Å²) < 4.78 is 33.5. The molecular formula is C30H38FN3O6. The second-order valence-corrected chi connectivity index (χ2v) is 11.1. The minimum Gasteiger partial charge on any atom is -0.490 e. The van der Waals surface area contributed by atoms with Gasteiger partial charge in [-0.3, -0.25) is 15.0 Å². The quantitative estimate of drug-likeness (QED) is 0.552. The molecule has 0 fully saturated rings. The van der Waals surface area contributed by atoms with Crippen molar-refractivity contribution < 1.29 is 33.3 Å². The molecule has 2 aliphatic rings. The number of fused-ring (bicyclic) bond motifs is 5. The summed E-state index contributed by atoms with van der Waals surface area (Å²) in [5.74, 6) is -1.56. The highest BCUT2D eigenvalue weighted by Gasteiger charge is 2.49. The molecule has 216 valence electrons. The largest absolute Gasteiger partial charge is 0.490 e. The minimum absolute atomic E-state index is 0.00423. The Balaban J connectivity index is 1.90. The number of aliphatic hydroxyl groups is 1. The topological polar surface area (TPSA) is 112 Å². The molecule has 1 atom stereocenters. The van der Waals surface area contributed by atoms with Gasteiger partial charge < -0.3 is 29.1 Å². The van der Waals surface area contributed by atoms with Crippen LogP contribution in [0.25, 0.3) is 0 Å². The van der Waals surface area contributed by atoms with Crippen LogP contribution in [0.15, 0.2) is 24.3 Å². The van der Waals surface area contributed by atoms with Gasteiger partial charge in [0.1, 0.15) is 5.84 Å². The number of benzene rings is 2. The zero-order valence-corrected chi connectivity index (χ0v) is 24.0. The number of amidine groups is 1. The van der Waals surface area contributed by atoms with E-state index in [1.165, 1.54) is 9.80 Å². The molecule has 2 bridgehead atoms. The summed E-state index contributed by atoms with van der Waals surface area (Å²) in [6, 6.07) is 6.69. The molecule has 1 unspecified atom stereocenters. The van der Waals surface area contributed by atoms with Crippen LogP contribution in [0.1, 0.15) is 78.9 Å². The minimum atomic E-state index is -1.42. The van der Waals surface area contributed by atoms with E-state index in [1.807, 2.05) is 20.8 Å². The second kappa shape index (κ2) is 11.2. The molecule has 2 heterocycles. The number of nitrogens with one attached hydrogen (secondary N) is 1. The molecule has 2 aromatic rings. The number of halogens is 1. The van der Waals surface area contributed by atoms with Gasteiger partial charge in [-0.15, -0.1) is 0 Å². The van der Waals surface area contributed by atoms with E-state index in [9.17, 15) is 14.7 Å². The van der Waals surface area contributed by atoms with Gasteiger partial charge in [0.15, 0.2) is 28.8 Å². The summed E-state index contributed by atoms with van der Waals surface area (Å²) in [5, 5.41) is 18.7. The van der Waals surface area contributed by atoms with Crippen LogP contribution < -0.4 is 9.47 Å². The van der Waals surface area contributed by atoms with Crippen LogP contribution >= 0.6 is 0 Å². The van der Waals surface area contributed by atoms with Gasteiger partial charge in [-0.25, -0.2) is 4.39 Å². The lowest BCUT2D eigenvalue weighted by atomic mass is 9.84. The first-order valence-electron chi connectivity index (χ1n) is 13.6.